The average Bonchev–Trinajstić information content (AvgIpc) is 1.64. The highest BCUT2D eigenvalue weighted by Crippen LogP contribution is 2.45. The highest BCUT2D eigenvalue weighted by Gasteiger charge is 2.41. The van der Waals surface area contributed by atoms with Gasteiger partial charge in [-0.25, -0.2) is 0 Å². The molecule has 0 bridgehead atoms. The molecule has 0 saturated heterocycles. The van der Waals surface area contributed by atoms with Gasteiger partial charge in [-0.2, -0.15) is 0 Å². The van der Waals surface area contributed by atoms with Crippen LogP contribution in [-0.2, 0) is 0 Å². The minimum absolute atomic E-state index is 0.322. The van der Waals surface area contributed by atoms with E-state index in [-0.39, 0.29) is 5.04 Å². The molecular weight excluding hydrogens is 194 g/mol. The second kappa shape index (κ2) is 2.83. The maximum atomic E-state index is 5.72. The molecule has 0 aromatic heterocycles. The Labute approximate surface area is 70.9 Å². The van der Waals surface area contributed by atoms with Crippen LogP contribution in [-0.4, -0.2) is 6.00 Å². The van der Waals surface area contributed by atoms with E-state index >= 15 is 0 Å². The first-order chi connectivity index (χ1) is 3.81. The second-order valence-electron chi connectivity index (χ2n) is 2.42. The summed E-state index contributed by atoms with van der Waals surface area (Å²) in [6.07, 6.45) is 1.69. The lowest BCUT2D eigenvalue weighted by Crippen LogP contribution is -2.25. The molecule has 4 heteroatoms. The fourth-order valence-corrected chi connectivity index (χ4v) is 1.04. The standard InChI is InChI=1S/C5H9Cl3Si/c1-4-5(2,3)9(6,7)8/h4H,1H2,2-3H3. The van der Waals surface area contributed by atoms with Crippen LogP contribution in [0, 0.1) is 0 Å². The van der Waals surface area contributed by atoms with E-state index in [4.69, 9.17) is 33.2 Å². The maximum absolute atomic E-state index is 5.72. The smallest absolute Gasteiger partial charge is 0.125 e. The van der Waals surface area contributed by atoms with Gasteiger partial charge in [-0.1, -0.05) is 19.9 Å². The van der Waals surface area contributed by atoms with E-state index in [1.807, 2.05) is 13.8 Å². The van der Waals surface area contributed by atoms with Gasteiger partial charge in [0.1, 0.15) is 0 Å². The van der Waals surface area contributed by atoms with E-state index < -0.39 is 6.00 Å². The predicted octanol–water partition coefficient (Wildman–Crippen LogP) is 3.61. The molecule has 0 aliphatic rings. The normalized spacial score (nSPS) is 13.4. The number of allylic oxidation sites excluding steroid dienone is 1. The lowest BCUT2D eigenvalue weighted by Gasteiger charge is -2.25. The second-order valence-corrected chi connectivity index (χ2v) is 11.6. The van der Waals surface area contributed by atoms with Crippen molar-refractivity contribution in [3.05, 3.63) is 12.7 Å². The summed E-state index contributed by atoms with van der Waals surface area (Å²) in [6.45, 7) is 7.33. The van der Waals surface area contributed by atoms with Crippen molar-refractivity contribution < 1.29 is 0 Å². The first-order valence-corrected chi connectivity index (χ1v) is 7.55. The van der Waals surface area contributed by atoms with Gasteiger partial charge in [0.15, 0.2) is 0 Å². The Morgan fingerprint density at radius 3 is 1.67 bits per heavy atom. The fraction of sp³-hybridized carbons (Fsp3) is 0.600. The van der Waals surface area contributed by atoms with Crippen LogP contribution in [0.2, 0.25) is 5.04 Å². The molecule has 0 fully saturated rings. The molecule has 54 valence electrons. The van der Waals surface area contributed by atoms with E-state index in [0.717, 1.165) is 0 Å². The molecule has 0 amide bonds. The van der Waals surface area contributed by atoms with E-state index in [1.165, 1.54) is 0 Å². The van der Waals surface area contributed by atoms with Crippen LogP contribution < -0.4 is 0 Å². The van der Waals surface area contributed by atoms with Crippen LogP contribution >= 0.6 is 33.2 Å². The van der Waals surface area contributed by atoms with Crippen molar-refractivity contribution in [1.29, 1.82) is 0 Å². The molecule has 0 aromatic rings. The third-order valence-corrected chi connectivity index (χ3v) is 7.29. The van der Waals surface area contributed by atoms with Crippen LogP contribution in [0.25, 0.3) is 0 Å². The van der Waals surface area contributed by atoms with E-state index in [0.29, 0.717) is 0 Å². The first kappa shape index (κ1) is 9.83. The molecule has 0 saturated carbocycles. The number of halogens is 3. The van der Waals surface area contributed by atoms with Gasteiger partial charge >= 0.3 is 6.00 Å². The molecule has 0 spiro atoms. The van der Waals surface area contributed by atoms with Crippen molar-refractivity contribution in [2.24, 2.45) is 0 Å². The van der Waals surface area contributed by atoms with E-state index in [1.54, 1.807) is 6.08 Å². The molecule has 0 aliphatic heterocycles. The van der Waals surface area contributed by atoms with Gasteiger partial charge in [-0.3, -0.25) is 0 Å². The Morgan fingerprint density at radius 2 is 1.67 bits per heavy atom. The van der Waals surface area contributed by atoms with Crippen molar-refractivity contribution in [3.63, 3.8) is 0 Å². The number of hydrogen-bond acceptors (Lipinski definition) is 0. The Bertz CT molecular complexity index is 114. The Balaban J connectivity index is 4.32. The zero-order chi connectivity index (χ0) is 7.71. The van der Waals surface area contributed by atoms with Crippen LogP contribution in [0.15, 0.2) is 12.7 Å². The SMILES string of the molecule is C=CC(C)(C)[Si](Cl)(Cl)Cl. The van der Waals surface area contributed by atoms with E-state index in [2.05, 4.69) is 6.58 Å². The molecule has 0 heterocycles. The molecule has 9 heavy (non-hydrogen) atoms. The summed E-state index contributed by atoms with van der Waals surface area (Å²) in [5, 5.41) is -0.322. The lowest BCUT2D eigenvalue weighted by molar-refractivity contribution is 0.849. The zero-order valence-electron chi connectivity index (χ0n) is 5.42. The summed E-state index contributed by atoms with van der Waals surface area (Å²) >= 11 is 17.2. The molecule has 0 aromatic carbocycles. The van der Waals surface area contributed by atoms with Gasteiger partial charge < -0.3 is 0 Å². The highest BCUT2D eigenvalue weighted by molar-refractivity contribution is 7.65. The van der Waals surface area contributed by atoms with E-state index in [9.17, 15) is 0 Å². The summed E-state index contributed by atoms with van der Waals surface area (Å²) in [4.78, 5) is 0. The minimum Gasteiger partial charge on any atom is -0.125 e. The lowest BCUT2D eigenvalue weighted by atomic mass is 10.2. The Morgan fingerprint density at radius 1 is 1.33 bits per heavy atom. The number of rotatable bonds is 2. The van der Waals surface area contributed by atoms with Crippen molar-refractivity contribution in [3.8, 4) is 0 Å². The van der Waals surface area contributed by atoms with Gasteiger partial charge in [0.2, 0.25) is 0 Å². The molecular formula is C5H9Cl3Si. The molecule has 0 aliphatic carbocycles. The van der Waals surface area contributed by atoms with Crippen LogP contribution in [0.4, 0.5) is 0 Å². The van der Waals surface area contributed by atoms with Crippen LogP contribution in [0.5, 0.6) is 0 Å². The molecule has 0 N–H and O–H groups in total. The van der Waals surface area contributed by atoms with Crippen molar-refractivity contribution in [1.82, 2.24) is 0 Å². The summed E-state index contributed by atoms with van der Waals surface area (Å²) < 4.78 is 0. The largest absolute Gasteiger partial charge is 0.350 e. The topological polar surface area (TPSA) is 0 Å². The molecule has 0 atom stereocenters. The number of hydrogen-bond donors (Lipinski definition) is 0. The van der Waals surface area contributed by atoms with Crippen molar-refractivity contribution in [2.75, 3.05) is 0 Å². The van der Waals surface area contributed by atoms with Gasteiger partial charge in [-0.15, -0.1) is 39.8 Å². The summed E-state index contributed by atoms with van der Waals surface area (Å²) in [5.41, 5.74) is 0. The Kier molecular flexibility index (Phi) is 3.09. The summed E-state index contributed by atoms with van der Waals surface area (Å²) in [7, 11) is 0. The average molecular weight is 204 g/mol. The molecule has 0 radical (unpaired) electrons. The van der Waals surface area contributed by atoms with Gasteiger partial charge in [-0.05, 0) is 0 Å². The third-order valence-electron chi connectivity index (χ3n) is 1.24. The quantitative estimate of drug-likeness (QED) is 0.365. The fourth-order valence-electron chi connectivity index (χ4n) is 0.116. The first-order valence-electron chi connectivity index (χ1n) is 2.51. The predicted molar refractivity (Wildman–Crippen MR) is 47.6 cm³/mol. The molecule has 0 unspecified atom stereocenters. The third kappa shape index (κ3) is 2.50. The molecule has 0 rings (SSSR count). The maximum Gasteiger partial charge on any atom is 0.350 e. The van der Waals surface area contributed by atoms with Crippen LogP contribution in [0.3, 0.4) is 0 Å². The monoisotopic (exact) mass is 202 g/mol. The van der Waals surface area contributed by atoms with Gasteiger partial charge in [0.05, 0.1) is 0 Å². The highest BCUT2D eigenvalue weighted by atomic mass is 35.8. The van der Waals surface area contributed by atoms with Crippen LogP contribution in [0.1, 0.15) is 13.8 Å². The summed E-state index contributed by atoms with van der Waals surface area (Å²) in [6, 6.07) is -2.59. The van der Waals surface area contributed by atoms with Crippen molar-refractivity contribution in [2.45, 2.75) is 18.9 Å². The Hall–Kier alpha value is 0.827. The van der Waals surface area contributed by atoms with Gasteiger partial charge in [0.25, 0.3) is 0 Å². The van der Waals surface area contributed by atoms with Crippen molar-refractivity contribution >= 4 is 39.2 Å². The van der Waals surface area contributed by atoms with Gasteiger partial charge in [0, 0.05) is 5.04 Å². The molecule has 0 nitrogen and oxygen atoms in total. The zero-order valence-corrected chi connectivity index (χ0v) is 8.69. The minimum atomic E-state index is -2.59. The summed E-state index contributed by atoms with van der Waals surface area (Å²) in [5.74, 6) is 0.